The summed E-state index contributed by atoms with van der Waals surface area (Å²) in [5.74, 6) is -1.02. The molecule has 7 heteroatoms. The van der Waals surface area contributed by atoms with Crippen LogP contribution in [0.15, 0.2) is 42.7 Å². The fourth-order valence-corrected chi connectivity index (χ4v) is 2.20. The number of carbonyl (C=O) groups excluding carboxylic acids is 1. The Labute approximate surface area is 120 Å². The van der Waals surface area contributed by atoms with Crippen LogP contribution >= 0.6 is 0 Å². The van der Waals surface area contributed by atoms with Gasteiger partial charge in [-0.25, -0.2) is 10.3 Å². The average molecular weight is 289 g/mol. The monoisotopic (exact) mass is 289 g/mol. The van der Waals surface area contributed by atoms with Crippen LogP contribution in [-0.2, 0) is 9.63 Å². The molecule has 0 aliphatic carbocycles. The van der Waals surface area contributed by atoms with Crippen LogP contribution < -0.4 is 9.88 Å². The lowest BCUT2D eigenvalue weighted by Gasteiger charge is -2.34. The van der Waals surface area contributed by atoms with Crippen LogP contribution in [0.5, 0.6) is 0 Å². The van der Waals surface area contributed by atoms with Gasteiger partial charge in [0.1, 0.15) is 5.72 Å². The molecule has 3 N–H and O–H groups in total. The van der Waals surface area contributed by atoms with E-state index < -0.39 is 17.8 Å². The molecule has 7 nitrogen and oxygen atoms in total. The third-order valence-electron chi connectivity index (χ3n) is 3.42. The Kier molecular flexibility index (Phi) is 3.46. The van der Waals surface area contributed by atoms with E-state index in [-0.39, 0.29) is 13.0 Å². The van der Waals surface area contributed by atoms with Gasteiger partial charge in [-0.2, -0.15) is 4.40 Å². The number of pyridine rings is 2. The second-order valence-corrected chi connectivity index (χ2v) is 4.85. The van der Waals surface area contributed by atoms with Crippen LogP contribution in [0.4, 0.5) is 5.69 Å². The summed E-state index contributed by atoms with van der Waals surface area (Å²) in [7, 11) is 0. The lowest BCUT2D eigenvalue weighted by atomic mass is 10.1. The Hall–Kier alpha value is -2.22. The van der Waals surface area contributed by atoms with Gasteiger partial charge in [-0.15, -0.1) is 6.54 Å². The van der Waals surface area contributed by atoms with Crippen molar-refractivity contribution in [3.63, 3.8) is 0 Å². The Morgan fingerprint density at radius 3 is 3.05 bits per heavy atom. The summed E-state index contributed by atoms with van der Waals surface area (Å²) in [6.07, 6.45) is 2.69. The fraction of sp³-hybridized carbons (Fsp3) is 0.286. The second-order valence-electron chi connectivity index (χ2n) is 4.85. The molecule has 0 aromatic carbocycles. The minimum Gasteiger partial charge on any atom is -0.622 e. The van der Waals surface area contributed by atoms with Gasteiger partial charge in [0.2, 0.25) is 5.52 Å². The van der Waals surface area contributed by atoms with E-state index in [1.54, 1.807) is 18.3 Å². The molecule has 0 bridgehead atoms. The first-order valence-electron chi connectivity index (χ1n) is 6.56. The standard InChI is InChI=1S/C14H14N3O4/c18-12-4-6-15-14(12,20)13(19)21-16-10-5-8-17-7-2-1-3-11(17)9-10/h1-3,5,7-9,12,18,20H,4,6H2/q-1/p+1/t12?,14-/m1/s1. The third kappa shape index (κ3) is 2.54. The van der Waals surface area contributed by atoms with E-state index >= 15 is 0 Å². The van der Waals surface area contributed by atoms with Gasteiger partial charge in [-0.3, -0.25) is 0 Å². The summed E-state index contributed by atoms with van der Waals surface area (Å²) in [6, 6.07) is 9.18. The molecule has 21 heavy (non-hydrogen) atoms. The molecule has 0 amide bonds. The van der Waals surface area contributed by atoms with E-state index in [4.69, 9.17) is 4.84 Å². The molecule has 0 radical (unpaired) electrons. The van der Waals surface area contributed by atoms with Gasteiger partial charge in [0, 0.05) is 24.3 Å². The van der Waals surface area contributed by atoms with Crippen molar-refractivity contribution in [2.75, 3.05) is 12.0 Å². The number of aliphatic hydroxyl groups excluding tert-OH is 1. The summed E-state index contributed by atoms with van der Waals surface area (Å²) in [5, 5.41) is 23.2. The predicted molar refractivity (Wildman–Crippen MR) is 73.1 cm³/mol. The number of hydrogen-bond donors (Lipinski definition) is 3. The Morgan fingerprint density at radius 2 is 2.29 bits per heavy atom. The first-order chi connectivity index (χ1) is 10.1. The molecule has 2 aromatic heterocycles. The fourth-order valence-electron chi connectivity index (χ4n) is 2.20. The van der Waals surface area contributed by atoms with E-state index in [1.165, 1.54) is 0 Å². The first kappa shape index (κ1) is 13.7. The van der Waals surface area contributed by atoms with E-state index in [1.807, 2.05) is 28.8 Å². The van der Waals surface area contributed by atoms with Crippen molar-refractivity contribution < 1.29 is 24.2 Å². The summed E-state index contributed by atoms with van der Waals surface area (Å²) in [6.45, 7) is 0.222. The lowest BCUT2D eigenvalue weighted by Crippen LogP contribution is -2.46. The largest absolute Gasteiger partial charge is 0.622 e. The van der Waals surface area contributed by atoms with Gasteiger partial charge in [-0.05, 0) is 12.5 Å². The zero-order valence-corrected chi connectivity index (χ0v) is 11.1. The van der Waals surface area contributed by atoms with Crippen molar-refractivity contribution in [2.45, 2.75) is 18.2 Å². The zero-order chi connectivity index (χ0) is 14.9. The van der Waals surface area contributed by atoms with Crippen molar-refractivity contribution >= 4 is 17.2 Å². The number of carbonyl (C=O) groups is 1. The van der Waals surface area contributed by atoms with Crippen LogP contribution in [0.25, 0.3) is 10.8 Å². The molecule has 1 fully saturated rings. The Bertz CT molecular complexity index is 678. The number of aliphatic hydroxyl groups is 2. The average Bonchev–Trinajstić information content (AvgIpc) is 2.85. The van der Waals surface area contributed by atoms with Crippen molar-refractivity contribution in [1.29, 1.82) is 0 Å². The van der Waals surface area contributed by atoms with Crippen LogP contribution in [-0.4, -0.2) is 34.6 Å². The Morgan fingerprint density at radius 1 is 1.43 bits per heavy atom. The lowest BCUT2D eigenvalue weighted by molar-refractivity contribution is -0.511. The minimum absolute atomic E-state index is 0.222. The van der Waals surface area contributed by atoms with E-state index in [9.17, 15) is 15.0 Å². The molecule has 1 unspecified atom stereocenters. The molecule has 110 valence electrons. The molecule has 1 saturated heterocycles. The summed E-state index contributed by atoms with van der Waals surface area (Å²) in [5.41, 5.74) is 1.74. The molecule has 0 saturated carbocycles. The summed E-state index contributed by atoms with van der Waals surface area (Å²) >= 11 is 0. The maximum Gasteiger partial charge on any atom is 0.345 e. The molecular formula is C14H15N3O4. The van der Waals surface area contributed by atoms with Gasteiger partial charge in [0.05, 0.1) is 11.8 Å². The van der Waals surface area contributed by atoms with E-state index in [0.717, 1.165) is 5.52 Å². The molecule has 1 aliphatic rings. The van der Waals surface area contributed by atoms with Gasteiger partial charge in [0.15, 0.2) is 12.4 Å². The quantitative estimate of drug-likeness (QED) is 0.551. The van der Waals surface area contributed by atoms with Gasteiger partial charge >= 0.3 is 5.97 Å². The van der Waals surface area contributed by atoms with Gasteiger partial charge in [-0.1, -0.05) is 0 Å². The second kappa shape index (κ2) is 5.28. The van der Waals surface area contributed by atoms with Crippen LogP contribution in [0.2, 0.25) is 0 Å². The van der Waals surface area contributed by atoms with Crippen molar-refractivity contribution in [3.8, 4) is 0 Å². The highest BCUT2D eigenvalue weighted by molar-refractivity contribution is 5.83. The van der Waals surface area contributed by atoms with E-state index in [0.29, 0.717) is 5.69 Å². The predicted octanol–water partition coefficient (Wildman–Crippen LogP) is 0.122. The maximum absolute atomic E-state index is 11.8. The smallest absolute Gasteiger partial charge is 0.345 e. The van der Waals surface area contributed by atoms with Crippen molar-refractivity contribution in [3.05, 3.63) is 48.0 Å². The molecule has 2 atom stereocenters. The van der Waals surface area contributed by atoms with Crippen LogP contribution in [0, 0.1) is 0 Å². The summed E-state index contributed by atoms with van der Waals surface area (Å²) < 4.78 is 1.90. The highest BCUT2D eigenvalue weighted by atomic mass is 16.7. The molecule has 1 aliphatic heterocycles. The van der Waals surface area contributed by atoms with Gasteiger partial charge in [0.25, 0.3) is 0 Å². The number of rotatable bonds is 3. The van der Waals surface area contributed by atoms with Gasteiger partial charge < -0.3 is 20.4 Å². The highest BCUT2D eigenvalue weighted by Crippen LogP contribution is 2.30. The van der Waals surface area contributed by atoms with Crippen LogP contribution in [0.1, 0.15) is 6.42 Å². The number of hydrogen-bond acceptors (Lipinski definition) is 5. The zero-order valence-electron chi connectivity index (χ0n) is 11.1. The van der Waals surface area contributed by atoms with Crippen LogP contribution in [0.3, 0.4) is 0 Å². The molecule has 3 heterocycles. The topological polar surface area (TPSA) is 97.0 Å². The minimum atomic E-state index is -2.18. The number of fused-ring (bicyclic) bond motifs is 1. The normalized spacial score (nSPS) is 25.0. The molecule has 0 spiro atoms. The summed E-state index contributed by atoms with van der Waals surface area (Å²) in [4.78, 5) is 16.7. The highest BCUT2D eigenvalue weighted by Gasteiger charge is 2.39. The van der Waals surface area contributed by atoms with E-state index in [2.05, 4.69) is 10.8 Å². The molecular weight excluding hydrogens is 274 g/mol. The Balaban J connectivity index is 1.70. The number of aromatic nitrogens is 1. The number of anilines is 1. The maximum atomic E-state index is 11.8. The number of nitrogens with one attached hydrogen (secondary N) is 1. The van der Waals surface area contributed by atoms with Crippen molar-refractivity contribution in [2.24, 2.45) is 0 Å². The molecule has 3 rings (SSSR count). The first-order valence-corrected chi connectivity index (χ1v) is 6.56. The SMILES string of the molecule is O=C(ONc1cc[n+]2ccccc2c1)[C@@]1(O)[N-]CCC1O. The number of nitrogens with zero attached hydrogens (tertiary/aromatic N) is 2. The third-order valence-corrected chi connectivity index (χ3v) is 3.42. The molecule has 2 aromatic rings. The van der Waals surface area contributed by atoms with Crippen molar-refractivity contribution in [1.82, 2.24) is 0 Å².